The Balaban J connectivity index is 0.00000316. The number of carbonyl (C=O) groups excluding carboxylic acids is 1. The molecule has 1 amide bonds. The van der Waals surface area contributed by atoms with Crippen LogP contribution in [0.5, 0.6) is 0 Å². The van der Waals surface area contributed by atoms with Crippen LogP contribution in [0, 0.1) is 6.92 Å². The SMILES string of the molecule is Cc1n(CC(=O)N2CCC3(C)c4ccccc4N(Cc4ccccc4)C23)c2ccccc2[n+]1Cc1ccc(Br)cc1.[Br-]. The smallest absolute Gasteiger partial charge is 0.266 e. The number of anilines is 1. The summed E-state index contributed by atoms with van der Waals surface area (Å²) in [6, 6.07) is 36.2. The maximum atomic E-state index is 14.3. The molecule has 0 bridgehead atoms. The Labute approximate surface area is 266 Å². The minimum atomic E-state index is -0.101. The molecule has 4 aromatic carbocycles. The quantitative estimate of drug-likeness (QED) is 0.256. The zero-order valence-corrected chi connectivity index (χ0v) is 27.1. The third-order valence-corrected chi connectivity index (χ3v) is 9.70. The van der Waals surface area contributed by atoms with Crippen molar-refractivity contribution >= 4 is 38.6 Å². The Bertz CT molecular complexity index is 1750. The van der Waals surface area contributed by atoms with Gasteiger partial charge in [-0.15, -0.1) is 0 Å². The van der Waals surface area contributed by atoms with Gasteiger partial charge in [-0.25, -0.2) is 9.13 Å². The zero-order valence-electron chi connectivity index (χ0n) is 23.9. The molecule has 0 saturated carbocycles. The van der Waals surface area contributed by atoms with Crippen LogP contribution in [0.15, 0.2) is 108 Å². The third kappa shape index (κ3) is 4.77. The average Bonchev–Trinajstić information content (AvgIpc) is 3.56. The predicted octanol–water partition coefficient (Wildman–Crippen LogP) is 3.59. The maximum absolute atomic E-state index is 14.3. The van der Waals surface area contributed by atoms with Crippen LogP contribution in [0.3, 0.4) is 0 Å². The monoisotopic (exact) mass is 684 g/mol. The molecule has 0 N–H and O–H groups in total. The minimum absolute atomic E-state index is 0. The largest absolute Gasteiger partial charge is 1.00 e. The summed E-state index contributed by atoms with van der Waals surface area (Å²) in [5.41, 5.74) is 7.22. The number of aromatic nitrogens is 2. The van der Waals surface area contributed by atoms with E-state index in [0.717, 1.165) is 47.4 Å². The van der Waals surface area contributed by atoms with E-state index < -0.39 is 0 Å². The molecule has 1 saturated heterocycles. The van der Waals surface area contributed by atoms with Crippen LogP contribution >= 0.6 is 15.9 Å². The van der Waals surface area contributed by atoms with Gasteiger partial charge in [0.1, 0.15) is 12.7 Å². The molecule has 0 radical (unpaired) electrons. The van der Waals surface area contributed by atoms with Crippen LogP contribution in [-0.4, -0.2) is 28.1 Å². The molecular weight excluding hydrogens is 652 g/mol. The number of nitrogens with zero attached hydrogens (tertiary/aromatic N) is 4. The van der Waals surface area contributed by atoms with E-state index in [9.17, 15) is 4.79 Å². The standard InChI is InChI=1S/C35H34BrN4O.BrH/c1-25-38(22-27-16-18-28(36)19-17-27)31-14-8-9-15-32(31)39(25)24-33(41)37-21-20-35(2)29-12-6-7-13-30(29)40(34(35)37)23-26-10-4-3-5-11-26;/h3-19,34H,20-24H2,1-2H3;1H/q+1;/p-1. The zero-order chi connectivity index (χ0) is 28.1. The lowest BCUT2D eigenvalue weighted by Crippen LogP contribution is -3.00. The fourth-order valence-corrected chi connectivity index (χ4v) is 7.36. The topological polar surface area (TPSA) is 32.4 Å². The Morgan fingerprint density at radius 1 is 0.905 bits per heavy atom. The summed E-state index contributed by atoms with van der Waals surface area (Å²) in [4.78, 5) is 18.9. The molecule has 7 heteroatoms. The van der Waals surface area contributed by atoms with E-state index in [1.54, 1.807) is 0 Å². The van der Waals surface area contributed by atoms with Gasteiger partial charge in [-0.3, -0.25) is 4.79 Å². The van der Waals surface area contributed by atoms with Gasteiger partial charge in [0.05, 0.1) is 0 Å². The van der Waals surface area contributed by atoms with Gasteiger partial charge < -0.3 is 26.8 Å². The summed E-state index contributed by atoms with van der Waals surface area (Å²) in [7, 11) is 0. The lowest BCUT2D eigenvalue weighted by atomic mass is 9.81. The molecular formula is C35H34Br2N4O. The van der Waals surface area contributed by atoms with Gasteiger partial charge in [-0.1, -0.05) is 95.7 Å². The molecule has 7 rings (SSSR count). The van der Waals surface area contributed by atoms with Crippen molar-refractivity contribution < 1.29 is 26.3 Å². The fraction of sp³-hybridized carbons (Fsp3) is 0.257. The summed E-state index contributed by atoms with van der Waals surface area (Å²) < 4.78 is 5.60. The molecule has 214 valence electrons. The molecule has 1 aromatic heterocycles. The predicted molar refractivity (Wildman–Crippen MR) is 167 cm³/mol. The highest BCUT2D eigenvalue weighted by molar-refractivity contribution is 9.10. The first-order valence-corrected chi connectivity index (χ1v) is 15.1. The molecule has 0 aliphatic carbocycles. The first kappa shape index (κ1) is 28.7. The van der Waals surface area contributed by atoms with Crippen LogP contribution < -0.4 is 26.4 Å². The van der Waals surface area contributed by atoms with E-state index in [1.807, 2.05) is 0 Å². The van der Waals surface area contributed by atoms with Gasteiger partial charge in [0, 0.05) is 35.6 Å². The Hall–Kier alpha value is -3.42. The average molecular weight is 686 g/mol. The van der Waals surface area contributed by atoms with Crippen molar-refractivity contribution in [3.8, 4) is 0 Å². The Kier molecular flexibility index (Phi) is 7.75. The summed E-state index contributed by atoms with van der Waals surface area (Å²) in [6.07, 6.45) is 0.949. The van der Waals surface area contributed by atoms with Crippen molar-refractivity contribution in [2.24, 2.45) is 0 Å². The van der Waals surface area contributed by atoms with Crippen molar-refractivity contribution in [2.45, 2.75) is 51.5 Å². The number of rotatable bonds is 6. The maximum Gasteiger partial charge on any atom is 0.266 e. The van der Waals surface area contributed by atoms with Gasteiger partial charge in [-0.2, -0.15) is 0 Å². The number of para-hydroxylation sites is 3. The third-order valence-electron chi connectivity index (χ3n) is 9.17. The molecule has 2 unspecified atom stereocenters. The first-order valence-electron chi connectivity index (χ1n) is 14.4. The normalized spacial score (nSPS) is 19.1. The van der Waals surface area contributed by atoms with Gasteiger partial charge in [0.2, 0.25) is 0 Å². The van der Waals surface area contributed by atoms with Crippen LogP contribution in [0.2, 0.25) is 0 Å². The molecule has 0 spiro atoms. The van der Waals surface area contributed by atoms with Crippen LogP contribution in [0.4, 0.5) is 5.69 Å². The van der Waals surface area contributed by atoms with E-state index in [4.69, 9.17) is 0 Å². The van der Waals surface area contributed by atoms with Crippen LogP contribution in [-0.2, 0) is 29.8 Å². The molecule has 5 aromatic rings. The molecule has 2 atom stereocenters. The van der Waals surface area contributed by atoms with Crippen molar-refractivity contribution in [3.05, 3.63) is 130 Å². The highest BCUT2D eigenvalue weighted by Gasteiger charge is 2.55. The van der Waals surface area contributed by atoms with Crippen LogP contribution in [0.1, 0.15) is 35.9 Å². The number of amides is 1. The molecule has 42 heavy (non-hydrogen) atoms. The summed E-state index contributed by atoms with van der Waals surface area (Å²) in [5, 5.41) is 0. The second kappa shape index (κ2) is 11.3. The van der Waals surface area contributed by atoms with E-state index in [0.29, 0.717) is 6.54 Å². The molecule has 3 heterocycles. The lowest BCUT2D eigenvalue weighted by molar-refractivity contribution is -0.669. The molecule has 1 fully saturated rings. The van der Waals surface area contributed by atoms with Gasteiger partial charge in [0.15, 0.2) is 17.6 Å². The van der Waals surface area contributed by atoms with E-state index in [-0.39, 0.29) is 34.5 Å². The highest BCUT2D eigenvalue weighted by atomic mass is 79.9. The Morgan fingerprint density at radius 2 is 1.60 bits per heavy atom. The molecule has 2 aliphatic rings. The molecule has 5 nitrogen and oxygen atoms in total. The minimum Gasteiger partial charge on any atom is -1.00 e. The summed E-state index contributed by atoms with van der Waals surface area (Å²) in [6.45, 7) is 7.09. The number of hydrogen-bond acceptors (Lipinski definition) is 2. The van der Waals surface area contributed by atoms with Gasteiger partial charge in [0.25, 0.3) is 11.7 Å². The summed E-state index contributed by atoms with van der Waals surface area (Å²) in [5.74, 6) is 1.25. The van der Waals surface area contributed by atoms with Gasteiger partial charge >= 0.3 is 0 Å². The highest BCUT2D eigenvalue weighted by Crippen LogP contribution is 2.52. The number of fused-ring (bicyclic) bond motifs is 4. The number of carbonyl (C=O) groups is 1. The van der Waals surface area contributed by atoms with Crippen molar-refractivity contribution in [3.63, 3.8) is 0 Å². The van der Waals surface area contributed by atoms with Crippen molar-refractivity contribution in [2.75, 3.05) is 11.4 Å². The number of halogens is 2. The van der Waals surface area contributed by atoms with E-state index >= 15 is 0 Å². The molecule has 2 aliphatic heterocycles. The number of imidazole rings is 1. The number of benzene rings is 4. The number of likely N-dealkylation sites (tertiary alicyclic amines) is 1. The number of hydrogen-bond donors (Lipinski definition) is 0. The second-order valence-electron chi connectivity index (χ2n) is 11.6. The van der Waals surface area contributed by atoms with E-state index in [1.165, 1.54) is 22.4 Å². The first-order chi connectivity index (χ1) is 19.9. The summed E-state index contributed by atoms with van der Waals surface area (Å²) >= 11 is 3.55. The van der Waals surface area contributed by atoms with Crippen LogP contribution in [0.25, 0.3) is 11.0 Å². The van der Waals surface area contributed by atoms with E-state index in [2.05, 4.69) is 152 Å². The van der Waals surface area contributed by atoms with Gasteiger partial charge in [-0.05, 0) is 53.4 Å². The lowest BCUT2D eigenvalue weighted by Gasteiger charge is -2.37. The van der Waals surface area contributed by atoms with Crippen molar-refractivity contribution in [1.29, 1.82) is 0 Å². The second-order valence-corrected chi connectivity index (χ2v) is 12.5. The Morgan fingerprint density at radius 3 is 2.38 bits per heavy atom. The van der Waals surface area contributed by atoms with Crippen molar-refractivity contribution in [1.82, 2.24) is 9.47 Å². The fourth-order valence-electron chi connectivity index (χ4n) is 7.10.